The molecule has 0 rings (SSSR count). The summed E-state index contributed by atoms with van der Waals surface area (Å²) in [4.78, 5) is 0. The maximum absolute atomic E-state index is 11.5. The van der Waals surface area contributed by atoms with Gasteiger partial charge in [0.15, 0.2) is 0 Å². The highest BCUT2D eigenvalue weighted by atomic mass is 32.2. The Morgan fingerprint density at radius 3 is 2.64 bits per heavy atom. The molecule has 0 bridgehead atoms. The Labute approximate surface area is 87.0 Å². The molecule has 0 heterocycles. The van der Waals surface area contributed by atoms with Crippen molar-refractivity contribution in [2.75, 3.05) is 32.9 Å². The third-order valence-electron chi connectivity index (χ3n) is 1.97. The minimum Gasteiger partial charge on any atom is -0.319 e. The summed E-state index contributed by atoms with van der Waals surface area (Å²) in [5, 5.41) is 2.82. The van der Waals surface area contributed by atoms with Crippen LogP contribution in [0.25, 0.3) is 0 Å². The van der Waals surface area contributed by atoms with E-state index < -0.39 is 10.0 Å². The quantitative estimate of drug-likeness (QED) is 0.477. The first-order valence-electron chi connectivity index (χ1n) is 4.74. The van der Waals surface area contributed by atoms with Crippen molar-refractivity contribution in [1.29, 1.82) is 0 Å². The second-order valence-corrected chi connectivity index (χ2v) is 5.37. The summed E-state index contributed by atoms with van der Waals surface area (Å²) in [7, 11) is 0.296. The topological polar surface area (TPSA) is 49.4 Å². The van der Waals surface area contributed by atoms with E-state index in [0.717, 1.165) is 12.8 Å². The summed E-state index contributed by atoms with van der Waals surface area (Å²) >= 11 is 0. The average molecular weight is 220 g/mol. The second kappa shape index (κ2) is 6.98. The number of sulfonamides is 1. The summed E-state index contributed by atoms with van der Waals surface area (Å²) in [6, 6.07) is 0. The SMILES string of the molecule is C=CCCCN(C)S(=O)(=O)CCNC. The van der Waals surface area contributed by atoms with Gasteiger partial charge < -0.3 is 5.32 Å². The van der Waals surface area contributed by atoms with Gasteiger partial charge in [0.25, 0.3) is 0 Å². The maximum Gasteiger partial charge on any atom is 0.215 e. The molecule has 84 valence electrons. The van der Waals surface area contributed by atoms with Crippen molar-refractivity contribution in [3.8, 4) is 0 Å². The lowest BCUT2D eigenvalue weighted by molar-refractivity contribution is 0.462. The van der Waals surface area contributed by atoms with E-state index in [1.54, 1.807) is 20.2 Å². The van der Waals surface area contributed by atoms with Gasteiger partial charge in [-0.25, -0.2) is 12.7 Å². The Bertz CT molecular complexity index is 250. The zero-order chi connectivity index (χ0) is 11.0. The van der Waals surface area contributed by atoms with Gasteiger partial charge in [0.05, 0.1) is 5.75 Å². The summed E-state index contributed by atoms with van der Waals surface area (Å²) in [5.41, 5.74) is 0. The van der Waals surface area contributed by atoms with E-state index in [1.165, 1.54) is 4.31 Å². The third-order valence-corrected chi connectivity index (χ3v) is 3.82. The number of allylic oxidation sites excluding steroid dienone is 1. The molecule has 0 amide bonds. The molecule has 0 unspecified atom stereocenters. The van der Waals surface area contributed by atoms with E-state index in [4.69, 9.17) is 0 Å². The highest BCUT2D eigenvalue weighted by molar-refractivity contribution is 7.89. The van der Waals surface area contributed by atoms with Crippen LogP contribution in [0.1, 0.15) is 12.8 Å². The Hall–Kier alpha value is -0.390. The van der Waals surface area contributed by atoms with E-state index in [0.29, 0.717) is 13.1 Å². The second-order valence-electron chi connectivity index (χ2n) is 3.17. The standard InChI is InChI=1S/C9H20N2O2S/c1-4-5-6-8-11(3)14(12,13)9-7-10-2/h4,10H,1,5-9H2,2-3H3. The molecular formula is C9H20N2O2S. The fourth-order valence-corrected chi connectivity index (χ4v) is 2.17. The molecule has 0 aliphatic heterocycles. The van der Waals surface area contributed by atoms with Crippen LogP contribution in [0.4, 0.5) is 0 Å². The first-order chi connectivity index (χ1) is 6.54. The average Bonchev–Trinajstić information content (AvgIpc) is 2.15. The molecule has 0 aromatic carbocycles. The summed E-state index contributed by atoms with van der Waals surface area (Å²) in [6.45, 7) is 4.65. The minimum absolute atomic E-state index is 0.161. The largest absolute Gasteiger partial charge is 0.319 e. The maximum atomic E-state index is 11.5. The lowest BCUT2D eigenvalue weighted by Gasteiger charge is -2.16. The Kier molecular flexibility index (Phi) is 6.78. The van der Waals surface area contributed by atoms with Gasteiger partial charge in [0, 0.05) is 20.1 Å². The normalized spacial score (nSPS) is 11.9. The van der Waals surface area contributed by atoms with Gasteiger partial charge in [-0.15, -0.1) is 6.58 Å². The number of hydrogen-bond donors (Lipinski definition) is 1. The van der Waals surface area contributed by atoms with Gasteiger partial charge in [-0.05, 0) is 19.9 Å². The van der Waals surface area contributed by atoms with Gasteiger partial charge >= 0.3 is 0 Å². The zero-order valence-electron chi connectivity index (χ0n) is 8.99. The van der Waals surface area contributed by atoms with Gasteiger partial charge in [-0.3, -0.25) is 0 Å². The molecule has 1 N–H and O–H groups in total. The number of nitrogens with zero attached hydrogens (tertiary/aromatic N) is 1. The van der Waals surface area contributed by atoms with Gasteiger partial charge in [0.2, 0.25) is 10.0 Å². The van der Waals surface area contributed by atoms with Gasteiger partial charge in [0.1, 0.15) is 0 Å². The van der Waals surface area contributed by atoms with Crippen LogP contribution in [0, 0.1) is 0 Å². The number of hydrogen-bond acceptors (Lipinski definition) is 3. The van der Waals surface area contributed by atoms with E-state index >= 15 is 0 Å². The molecule has 0 radical (unpaired) electrons. The van der Waals surface area contributed by atoms with Crippen molar-refractivity contribution in [1.82, 2.24) is 9.62 Å². The van der Waals surface area contributed by atoms with Crippen LogP contribution in [-0.2, 0) is 10.0 Å². The van der Waals surface area contributed by atoms with E-state index in [9.17, 15) is 8.42 Å². The van der Waals surface area contributed by atoms with E-state index in [1.807, 2.05) is 0 Å². The third kappa shape index (κ3) is 5.36. The first-order valence-corrected chi connectivity index (χ1v) is 6.35. The smallest absolute Gasteiger partial charge is 0.215 e. The molecule has 0 saturated carbocycles. The van der Waals surface area contributed by atoms with Crippen molar-refractivity contribution in [2.45, 2.75) is 12.8 Å². The van der Waals surface area contributed by atoms with Crippen LogP contribution in [0.2, 0.25) is 0 Å². The first kappa shape index (κ1) is 13.6. The molecule has 0 fully saturated rings. The Morgan fingerprint density at radius 2 is 2.14 bits per heavy atom. The van der Waals surface area contributed by atoms with Gasteiger partial charge in [-0.2, -0.15) is 0 Å². The fourth-order valence-electron chi connectivity index (χ4n) is 0.984. The predicted octanol–water partition coefficient (Wildman–Crippen LogP) is 0.434. The molecule has 5 heteroatoms. The fraction of sp³-hybridized carbons (Fsp3) is 0.778. The van der Waals surface area contributed by atoms with Crippen LogP contribution in [-0.4, -0.2) is 45.7 Å². The molecule has 0 saturated heterocycles. The summed E-state index contributed by atoms with van der Waals surface area (Å²) < 4.78 is 24.5. The minimum atomic E-state index is -3.07. The molecule has 0 aromatic rings. The van der Waals surface area contributed by atoms with Crippen LogP contribution >= 0.6 is 0 Å². The Morgan fingerprint density at radius 1 is 1.50 bits per heavy atom. The summed E-state index contributed by atoms with van der Waals surface area (Å²) in [6.07, 6.45) is 3.48. The van der Waals surface area contributed by atoms with Crippen LogP contribution in [0.3, 0.4) is 0 Å². The van der Waals surface area contributed by atoms with Crippen LogP contribution in [0.5, 0.6) is 0 Å². The summed E-state index contributed by atoms with van der Waals surface area (Å²) in [5.74, 6) is 0.161. The zero-order valence-corrected chi connectivity index (χ0v) is 9.81. The van der Waals surface area contributed by atoms with Crippen molar-refractivity contribution in [3.05, 3.63) is 12.7 Å². The van der Waals surface area contributed by atoms with E-state index in [2.05, 4.69) is 11.9 Å². The number of nitrogens with one attached hydrogen (secondary N) is 1. The lowest BCUT2D eigenvalue weighted by Crippen LogP contribution is -2.33. The highest BCUT2D eigenvalue weighted by Gasteiger charge is 2.15. The van der Waals surface area contributed by atoms with E-state index in [-0.39, 0.29) is 5.75 Å². The molecular weight excluding hydrogens is 200 g/mol. The molecule has 0 atom stereocenters. The molecule has 0 aliphatic carbocycles. The molecule has 0 spiro atoms. The van der Waals surface area contributed by atoms with Crippen molar-refractivity contribution in [2.24, 2.45) is 0 Å². The van der Waals surface area contributed by atoms with Crippen molar-refractivity contribution < 1.29 is 8.42 Å². The number of rotatable bonds is 8. The van der Waals surface area contributed by atoms with Crippen molar-refractivity contribution in [3.63, 3.8) is 0 Å². The number of unbranched alkanes of at least 4 members (excludes halogenated alkanes) is 1. The predicted molar refractivity (Wildman–Crippen MR) is 59.8 cm³/mol. The molecule has 0 aliphatic rings. The molecule has 4 nitrogen and oxygen atoms in total. The Balaban J connectivity index is 3.94. The highest BCUT2D eigenvalue weighted by Crippen LogP contribution is 2.00. The van der Waals surface area contributed by atoms with Gasteiger partial charge in [-0.1, -0.05) is 6.08 Å². The molecule has 0 aromatic heterocycles. The monoisotopic (exact) mass is 220 g/mol. The van der Waals surface area contributed by atoms with Crippen LogP contribution in [0.15, 0.2) is 12.7 Å². The van der Waals surface area contributed by atoms with Crippen molar-refractivity contribution >= 4 is 10.0 Å². The molecule has 14 heavy (non-hydrogen) atoms. The lowest BCUT2D eigenvalue weighted by atomic mass is 10.3. The van der Waals surface area contributed by atoms with Crippen LogP contribution < -0.4 is 5.32 Å².